The van der Waals surface area contributed by atoms with Crippen LogP contribution in [0, 0.1) is 0 Å². The van der Waals surface area contributed by atoms with Gasteiger partial charge in [-0.25, -0.2) is 0 Å². The molecule has 3 aromatic rings. The number of hydrogen-bond acceptors (Lipinski definition) is 0. The lowest BCUT2D eigenvalue weighted by Gasteiger charge is -2.39. The zero-order chi connectivity index (χ0) is 18.1. The zero-order valence-electron chi connectivity index (χ0n) is 15.4. The minimum Gasteiger partial charge on any atom is -0.312 e. The first-order valence-corrected chi connectivity index (χ1v) is 9.37. The topological polar surface area (TPSA) is 0 Å². The van der Waals surface area contributed by atoms with Crippen molar-refractivity contribution >= 4 is 0 Å². The van der Waals surface area contributed by atoms with Gasteiger partial charge in [-0.3, -0.25) is 0 Å². The fourth-order valence-electron chi connectivity index (χ4n) is 3.68. The maximum Gasteiger partial charge on any atom is 0.105 e. The second kappa shape index (κ2) is 9.17. The van der Waals surface area contributed by atoms with Crippen molar-refractivity contribution in [1.29, 1.82) is 0 Å². The van der Waals surface area contributed by atoms with Gasteiger partial charge < -0.3 is 4.48 Å². The van der Waals surface area contributed by atoms with E-state index in [0.717, 1.165) is 37.1 Å². The Morgan fingerprint density at radius 3 is 1.23 bits per heavy atom. The molecule has 0 bridgehead atoms. The highest BCUT2D eigenvalue weighted by molar-refractivity contribution is 5.17. The smallest absolute Gasteiger partial charge is 0.105 e. The van der Waals surface area contributed by atoms with Crippen molar-refractivity contribution < 1.29 is 4.48 Å². The Kier molecular flexibility index (Phi) is 6.40. The number of rotatable bonds is 9. The van der Waals surface area contributed by atoms with Gasteiger partial charge >= 0.3 is 0 Å². The highest BCUT2D eigenvalue weighted by Crippen LogP contribution is 2.25. The maximum absolute atomic E-state index is 3.97. The molecule has 0 spiro atoms. The van der Waals surface area contributed by atoms with E-state index in [0.29, 0.717) is 0 Å². The van der Waals surface area contributed by atoms with Gasteiger partial charge in [0.15, 0.2) is 0 Å². The molecule has 0 saturated heterocycles. The fraction of sp³-hybridized carbons (Fsp3) is 0.200. The van der Waals surface area contributed by atoms with Gasteiger partial charge in [-0.05, 0) is 0 Å². The Hall–Kier alpha value is -2.64. The third kappa shape index (κ3) is 5.18. The minimum absolute atomic E-state index is 1.00. The van der Waals surface area contributed by atoms with Gasteiger partial charge in [0.05, 0.1) is 6.54 Å². The Morgan fingerprint density at radius 1 is 0.577 bits per heavy atom. The van der Waals surface area contributed by atoms with Gasteiger partial charge in [0.1, 0.15) is 19.6 Å². The molecule has 0 radical (unpaired) electrons. The predicted molar refractivity (Wildman–Crippen MR) is 110 cm³/mol. The molecule has 0 aliphatic heterocycles. The van der Waals surface area contributed by atoms with Crippen molar-refractivity contribution in [3.63, 3.8) is 0 Å². The van der Waals surface area contributed by atoms with Crippen molar-refractivity contribution in [3.05, 3.63) is 120 Å². The fourth-order valence-corrected chi connectivity index (χ4v) is 3.68. The molecule has 0 amide bonds. The van der Waals surface area contributed by atoms with E-state index in [9.17, 15) is 0 Å². The molecular weight excluding hydrogens is 314 g/mol. The molecular formula is C25H28N+. The van der Waals surface area contributed by atoms with E-state index in [1.807, 2.05) is 6.08 Å². The van der Waals surface area contributed by atoms with Crippen molar-refractivity contribution in [2.45, 2.75) is 26.1 Å². The summed E-state index contributed by atoms with van der Waals surface area (Å²) in [5.74, 6) is 0. The number of quaternary nitrogens is 1. The third-order valence-corrected chi connectivity index (χ3v) is 4.89. The highest BCUT2D eigenvalue weighted by atomic mass is 15.3. The van der Waals surface area contributed by atoms with Crippen LogP contribution in [0.5, 0.6) is 0 Å². The Labute approximate surface area is 157 Å². The molecule has 0 aromatic heterocycles. The number of nitrogens with zero attached hydrogens (tertiary/aromatic N) is 1. The Balaban J connectivity index is 1.95. The molecule has 0 fully saturated rings. The normalized spacial score (nSPS) is 11.2. The van der Waals surface area contributed by atoms with E-state index in [-0.39, 0.29) is 0 Å². The van der Waals surface area contributed by atoms with Crippen molar-refractivity contribution in [2.75, 3.05) is 6.54 Å². The van der Waals surface area contributed by atoms with Crippen LogP contribution in [0.15, 0.2) is 104 Å². The lowest BCUT2D eigenvalue weighted by atomic mass is 10.1. The van der Waals surface area contributed by atoms with E-state index < -0.39 is 0 Å². The second-order valence-electron chi connectivity index (χ2n) is 7.07. The summed E-state index contributed by atoms with van der Waals surface area (Å²) in [5.41, 5.74) is 4.18. The summed E-state index contributed by atoms with van der Waals surface area (Å²) >= 11 is 0. The molecule has 0 aliphatic carbocycles. The first-order valence-electron chi connectivity index (χ1n) is 9.37. The number of hydrogen-bond donors (Lipinski definition) is 0. The molecule has 0 atom stereocenters. The van der Waals surface area contributed by atoms with E-state index in [2.05, 4.69) is 97.6 Å². The third-order valence-electron chi connectivity index (χ3n) is 4.89. The van der Waals surface area contributed by atoms with Gasteiger partial charge in [-0.2, -0.15) is 0 Å². The predicted octanol–water partition coefficient (Wildman–Crippen LogP) is 5.98. The molecule has 1 nitrogen and oxygen atoms in total. The van der Waals surface area contributed by atoms with Crippen molar-refractivity contribution in [1.82, 2.24) is 0 Å². The summed E-state index contributed by atoms with van der Waals surface area (Å²) in [6.07, 6.45) is 3.07. The van der Waals surface area contributed by atoms with Crippen molar-refractivity contribution in [3.8, 4) is 0 Å². The SMILES string of the molecule is C=CCC[N+](Cc1ccccc1)(Cc1ccccc1)Cc1ccccc1. The van der Waals surface area contributed by atoms with Crippen LogP contribution in [0.3, 0.4) is 0 Å². The molecule has 0 heterocycles. The molecule has 1 heteroatoms. The summed E-state index contributed by atoms with van der Waals surface area (Å²) < 4.78 is 1.00. The first kappa shape index (κ1) is 18.2. The lowest BCUT2D eigenvalue weighted by Crippen LogP contribution is -2.46. The summed E-state index contributed by atoms with van der Waals surface area (Å²) in [6, 6.07) is 32.6. The van der Waals surface area contributed by atoms with Gasteiger partial charge in [-0.1, -0.05) is 97.1 Å². The molecule has 0 N–H and O–H groups in total. The van der Waals surface area contributed by atoms with Crippen LogP contribution in [0.2, 0.25) is 0 Å². The summed E-state index contributed by atoms with van der Waals surface area (Å²) in [4.78, 5) is 0. The van der Waals surface area contributed by atoms with Crippen LogP contribution in [0.1, 0.15) is 23.1 Å². The van der Waals surface area contributed by atoms with Gasteiger partial charge in [0.2, 0.25) is 0 Å². The highest BCUT2D eigenvalue weighted by Gasteiger charge is 2.28. The van der Waals surface area contributed by atoms with E-state index in [1.54, 1.807) is 0 Å². The molecule has 3 rings (SSSR count). The van der Waals surface area contributed by atoms with E-state index >= 15 is 0 Å². The summed E-state index contributed by atoms with van der Waals surface area (Å²) in [7, 11) is 0. The van der Waals surface area contributed by atoms with Gasteiger partial charge in [0.25, 0.3) is 0 Å². The molecule has 0 unspecified atom stereocenters. The molecule has 132 valence electrons. The van der Waals surface area contributed by atoms with Crippen LogP contribution in [0.4, 0.5) is 0 Å². The molecule has 0 saturated carbocycles. The summed E-state index contributed by atoms with van der Waals surface area (Å²) in [5, 5.41) is 0. The standard InChI is InChI=1S/C25H28N/c1-2-3-19-26(20-23-13-7-4-8-14-23,21-24-15-9-5-10-16-24)22-25-17-11-6-12-18-25/h2,4-18H,1,3,19-22H2/q+1. The average Bonchev–Trinajstić information content (AvgIpc) is 2.69. The van der Waals surface area contributed by atoms with E-state index in [4.69, 9.17) is 0 Å². The quantitative estimate of drug-likeness (QED) is 0.331. The molecule has 0 aliphatic rings. The van der Waals surface area contributed by atoms with Crippen LogP contribution < -0.4 is 0 Å². The largest absolute Gasteiger partial charge is 0.312 e. The minimum atomic E-state index is 1.00. The Morgan fingerprint density at radius 2 is 0.923 bits per heavy atom. The second-order valence-corrected chi connectivity index (χ2v) is 7.07. The Bertz CT molecular complexity index is 677. The molecule has 3 aromatic carbocycles. The molecule has 26 heavy (non-hydrogen) atoms. The first-order chi connectivity index (χ1) is 12.8. The van der Waals surface area contributed by atoms with Crippen LogP contribution in [0.25, 0.3) is 0 Å². The monoisotopic (exact) mass is 342 g/mol. The van der Waals surface area contributed by atoms with E-state index in [1.165, 1.54) is 16.7 Å². The number of benzene rings is 3. The van der Waals surface area contributed by atoms with Crippen LogP contribution >= 0.6 is 0 Å². The van der Waals surface area contributed by atoms with Gasteiger partial charge in [0, 0.05) is 23.1 Å². The zero-order valence-corrected chi connectivity index (χ0v) is 15.4. The average molecular weight is 343 g/mol. The maximum atomic E-state index is 3.97. The van der Waals surface area contributed by atoms with Gasteiger partial charge in [-0.15, -0.1) is 6.58 Å². The van der Waals surface area contributed by atoms with Crippen LogP contribution in [-0.4, -0.2) is 11.0 Å². The lowest BCUT2D eigenvalue weighted by molar-refractivity contribution is -0.965. The van der Waals surface area contributed by atoms with Crippen LogP contribution in [-0.2, 0) is 19.6 Å². The van der Waals surface area contributed by atoms with Crippen molar-refractivity contribution in [2.24, 2.45) is 0 Å². The summed E-state index contributed by atoms with van der Waals surface area (Å²) in [6.45, 7) is 8.14.